The Morgan fingerprint density at radius 1 is 1.57 bits per heavy atom. The molecule has 1 amide bonds. The summed E-state index contributed by atoms with van der Waals surface area (Å²) in [6.07, 6.45) is 0.0833. The van der Waals surface area contributed by atoms with E-state index in [-0.39, 0.29) is 6.42 Å². The van der Waals surface area contributed by atoms with Gasteiger partial charge in [0.2, 0.25) is 5.91 Å². The summed E-state index contributed by atoms with van der Waals surface area (Å²) in [4.78, 5) is 9.89. The number of primary amides is 1. The van der Waals surface area contributed by atoms with E-state index in [9.17, 15) is 4.79 Å². The van der Waals surface area contributed by atoms with Gasteiger partial charge in [0.15, 0.2) is 0 Å². The van der Waals surface area contributed by atoms with Gasteiger partial charge in [-0.1, -0.05) is 6.58 Å². The summed E-state index contributed by atoms with van der Waals surface area (Å²) in [5, 5.41) is 0. The van der Waals surface area contributed by atoms with Crippen molar-refractivity contribution in [1.29, 1.82) is 0 Å². The zero-order chi connectivity index (χ0) is 5.86. The molecule has 0 rings (SSSR count). The Labute approximate surface area is 42.0 Å². The highest BCUT2D eigenvalue weighted by Gasteiger charge is 1.90. The molecule has 0 unspecified atom stereocenters. The molecule has 3 heteroatoms. The van der Waals surface area contributed by atoms with Gasteiger partial charge in [-0.25, -0.2) is 0 Å². The molecule has 4 N–H and O–H groups in total. The smallest absolute Gasteiger partial charge is 0.223 e. The van der Waals surface area contributed by atoms with Crippen LogP contribution < -0.4 is 11.5 Å². The number of amides is 1. The molecule has 0 aromatic rings. The lowest BCUT2D eigenvalue weighted by Gasteiger charge is -1.88. The Bertz CT molecular complexity index is 85.9. The standard InChI is InChI=1S/C4H8N2O/c1-3(5)2-4(6)7/h1-2,5H2,(H2,6,7). The van der Waals surface area contributed by atoms with Crippen LogP contribution in [0.3, 0.4) is 0 Å². The predicted molar refractivity (Wildman–Crippen MR) is 27.1 cm³/mol. The summed E-state index contributed by atoms with van der Waals surface area (Å²) in [5.74, 6) is -0.437. The topological polar surface area (TPSA) is 69.1 Å². The van der Waals surface area contributed by atoms with E-state index in [2.05, 4.69) is 6.58 Å². The number of hydrogen-bond donors (Lipinski definition) is 2. The maximum Gasteiger partial charge on any atom is 0.223 e. The molecule has 0 spiro atoms. The fourth-order valence-corrected chi connectivity index (χ4v) is 0.224. The van der Waals surface area contributed by atoms with E-state index in [1.807, 2.05) is 0 Å². The maximum absolute atomic E-state index is 9.89. The van der Waals surface area contributed by atoms with Gasteiger partial charge in [-0.15, -0.1) is 0 Å². The van der Waals surface area contributed by atoms with Crippen LogP contribution in [-0.4, -0.2) is 5.91 Å². The summed E-state index contributed by atoms with van der Waals surface area (Å²) in [7, 11) is 0. The van der Waals surface area contributed by atoms with Crippen LogP contribution in [-0.2, 0) is 4.79 Å². The summed E-state index contributed by atoms with van der Waals surface area (Å²) >= 11 is 0. The molecule has 0 saturated heterocycles. The van der Waals surface area contributed by atoms with Crippen LogP contribution in [0.25, 0.3) is 0 Å². The van der Waals surface area contributed by atoms with Crippen LogP contribution >= 0.6 is 0 Å². The average Bonchev–Trinajstić information content (AvgIpc) is 1.27. The molecule has 40 valence electrons. The molecule has 0 aromatic heterocycles. The molecular formula is C4H8N2O. The highest BCUT2D eigenvalue weighted by Crippen LogP contribution is 1.82. The molecule has 3 nitrogen and oxygen atoms in total. The van der Waals surface area contributed by atoms with E-state index >= 15 is 0 Å². The van der Waals surface area contributed by atoms with Crippen molar-refractivity contribution >= 4 is 5.91 Å². The van der Waals surface area contributed by atoms with Crippen LogP contribution in [0.4, 0.5) is 0 Å². The Kier molecular flexibility index (Phi) is 1.91. The second-order valence-electron chi connectivity index (χ2n) is 1.30. The second kappa shape index (κ2) is 2.23. The van der Waals surface area contributed by atoms with E-state index in [1.165, 1.54) is 0 Å². The van der Waals surface area contributed by atoms with Gasteiger partial charge < -0.3 is 11.5 Å². The van der Waals surface area contributed by atoms with E-state index in [0.717, 1.165) is 0 Å². The van der Waals surface area contributed by atoms with Gasteiger partial charge in [0.1, 0.15) is 0 Å². The summed E-state index contributed by atoms with van der Waals surface area (Å²) in [6, 6.07) is 0. The molecule has 0 heterocycles. The van der Waals surface area contributed by atoms with Crippen molar-refractivity contribution in [2.75, 3.05) is 0 Å². The molecule has 0 saturated carbocycles. The molecule has 0 bridgehead atoms. The molecule has 0 aliphatic heterocycles. The van der Waals surface area contributed by atoms with Crippen molar-refractivity contribution in [1.82, 2.24) is 0 Å². The third-order valence-electron chi connectivity index (χ3n) is 0.401. The van der Waals surface area contributed by atoms with Crippen molar-refractivity contribution in [3.8, 4) is 0 Å². The van der Waals surface area contributed by atoms with Crippen molar-refractivity contribution < 1.29 is 4.79 Å². The lowest BCUT2D eigenvalue weighted by atomic mass is 10.3. The number of nitrogens with two attached hydrogens (primary N) is 2. The first-order chi connectivity index (χ1) is 3.13. The van der Waals surface area contributed by atoms with Crippen LogP contribution in [0, 0.1) is 0 Å². The van der Waals surface area contributed by atoms with E-state index < -0.39 is 5.91 Å². The maximum atomic E-state index is 9.89. The SMILES string of the molecule is C=C(N)CC(N)=O. The van der Waals surface area contributed by atoms with Gasteiger partial charge in [0.25, 0.3) is 0 Å². The Hall–Kier alpha value is -0.990. The normalized spacial score (nSPS) is 8.00. The van der Waals surface area contributed by atoms with E-state index in [0.29, 0.717) is 5.70 Å². The van der Waals surface area contributed by atoms with Gasteiger partial charge in [-0.05, 0) is 0 Å². The minimum Gasteiger partial charge on any atom is -0.402 e. The zero-order valence-electron chi connectivity index (χ0n) is 3.98. The lowest BCUT2D eigenvalue weighted by Crippen LogP contribution is -2.13. The number of carbonyl (C=O) groups is 1. The van der Waals surface area contributed by atoms with Crippen molar-refractivity contribution in [3.05, 3.63) is 12.3 Å². The van der Waals surface area contributed by atoms with Crippen LogP contribution in [0.2, 0.25) is 0 Å². The average molecular weight is 100 g/mol. The largest absolute Gasteiger partial charge is 0.402 e. The molecule has 7 heavy (non-hydrogen) atoms. The molecule has 0 fully saturated rings. The molecule has 0 aliphatic rings. The van der Waals surface area contributed by atoms with Crippen LogP contribution in [0.1, 0.15) is 6.42 Å². The molecule has 0 atom stereocenters. The van der Waals surface area contributed by atoms with Crippen LogP contribution in [0.15, 0.2) is 12.3 Å². The lowest BCUT2D eigenvalue weighted by molar-refractivity contribution is -0.117. The molecule has 0 aromatic carbocycles. The van der Waals surface area contributed by atoms with Gasteiger partial charge in [-0.2, -0.15) is 0 Å². The zero-order valence-corrected chi connectivity index (χ0v) is 3.98. The van der Waals surface area contributed by atoms with Gasteiger partial charge in [0, 0.05) is 5.70 Å². The summed E-state index contributed by atoms with van der Waals surface area (Å²) in [5.41, 5.74) is 10.0. The minimum atomic E-state index is -0.437. The molecule has 0 aliphatic carbocycles. The third-order valence-corrected chi connectivity index (χ3v) is 0.401. The number of hydrogen-bond acceptors (Lipinski definition) is 2. The Morgan fingerprint density at radius 2 is 2.00 bits per heavy atom. The van der Waals surface area contributed by atoms with Crippen LogP contribution in [0.5, 0.6) is 0 Å². The van der Waals surface area contributed by atoms with Gasteiger partial charge in [-0.3, -0.25) is 4.79 Å². The van der Waals surface area contributed by atoms with E-state index in [1.54, 1.807) is 0 Å². The summed E-state index contributed by atoms with van der Waals surface area (Å²) < 4.78 is 0. The highest BCUT2D eigenvalue weighted by molar-refractivity contribution is 5.76. The van der Waals surface area contributed by atoms with Gasteiger partial charge in [0.05, 0.1) is 6.42 Å². The first-order valence-corrected chi connectivity index (χ1v) is 1.84. The first kappa shape index (κ1) is 6.01. The van der Waals surface area contributed by atoms with Crippen molar-refractivity contribution in [2.24, 2.45) is 11.5 Å². The monoisotopic (exact) mass is 100 g/mol. The fourth-order valence-electron chi connectivity index (χ4n) is 0.224. The minimum absolute atomic E-state index is 0.0833. The highest BCUT2D eigenvalue weighted by atomic mass is 16.1. The number of carbonyl (C=O) groups excluding carboxylic acids is 1. The predicted octanol–water partition coefficient (Wildman–Crippen LogP) is -0.666. The van der Waals surface area contributed by atoms with E-state index in [4.69, 9.17) is 11.5 Å². The van der Waals surface area contributed by atoms with Crippen molar-refractivity contribution in [3.63, 3.8) is 0 Å². The quantitative estimate of drug-likeness (QED) is 0.483. The molecular weight excluding hydrogens is 92.1 g/mol. The second-order valence-corrected chi connectivity index (χ2v) is 1.30. The first-order valence-electron chi connectivity index (χ1n) is 1.84. The van der Waals surface area contributed by atoms with Gasteiger partial charge >= 0.3 is 0 Å². The Balaban J connectivity index is 3.32. The number of rotatable bonds is 2. The summed E-state index contributed by atoms with van der Waals surface area (Å²) in [6.45, 7) is 3.27. The third kappa shape index (κ3) is 5.01. The fraction of sp³-hybridized carbons (Fsp3) is 0.250. The Morgan fingerprint density at radius 3 is 2.00 bits per heavy atom. The molecule has 0 radical (unpaired) electrons. The van der Waals surface area contributed by atoms with Crippen molar-refractivity contribution in [2.45, 2.75) is 6.42 Å².